The number of hydrogen-bond acceptors (Lipinski definition) is 3. The molecule has 0 radical (unpaired) electrons. The van der Waals surface area contributed by atoms with Crippen molar-refractivity contribution in [2.75, 3.05) is 0 Å². The Hall–Kier alpha value is -2.04. The van der Waals surface area contributed by atoms with Gasteiger partial charge in [0.1, 0.15) is 12.6 Å². The molecule has 1 aliphatic rings. The molecule has 5 nitrogen and oxygen atoms in total. The van der Waals surface area contributed by atoms with Crippen LogP contribution in [0.3, 0.4) is 0 Å². The van der Waals surface area contributed by atoms with E-state index in [-0.39, 0.29) is 12.0 Å². The minimum absolute atomic E-state index is 0.0236. The number of amides is 1. The summed E-state index contributed by atoms with van der Waals surface area (Å²) in [4.78, 5) is 23.0. The SMILES string of the molecule is CC1(CC(NC(=O)OCc2ccccc2)C(=O)O)CCC1. The van der Waals surface area contributed by atoms with Crippen molar-refractivity contribution in [3.8, 4) is 0 Å². The molecule has 0 aromatic heterocycles. The summed E-state index contributed by atoms with van der Waals surface area (Å²) in [5.41, 5.74) is 0.890. The van der Waals surface area contributed by atoms with Gasteiger partial charge in [0.25, 0.3) is 0 Å². The molecule has 2 N–H and O–H groups in total. The lowest BCUT2D eigenvalue weighted by Crippen LogP contribution is -2.45. The molecule has 1 aromatic carbocycles. The lowest BCUT2D eigenvalue weighted by molar-refractivity contribution is -0.140. The van der Waals surface area contributed by atoms with E-state index in [0.717, 1.165) is 24.8 Å². The fourth-order valence-electron chi connectivity index (χ4n) is 2.58. The van der Waals surface area contributed by atoms with Crippen molar-refractivity contribution in [1.29, 1.82) is 0 Å². The highest BCUT2D eigenvalue weighted by atomic mass is 16.5. The molecule has 0 saturated heterocycles. The summed E-state index contributed by atoms with van der Waals surface area (Å²) in [6.45, 7) is 2.19. The van der Waals surface area contributed by atoms with Gasteiger partial charge in [-0.15, -0.1) is 0 Å². The van der Waals surface area contributed by atoms with Crippen molar-refractivity contribution in [1.82, 2.24) is 5.32 Å². The summed E-state index contributed by atoms with van der Waals surface area (Å²) in [5.74, 6) is -1.01. The molecule has 0 spiro atoms. The highest BCUT2D eigenvalue weighted by Crippen LogP contribution is 2.44. The van der Waals surface area contributed by atoms with Crippen molar-refractivity contribution >= 4 is 12.1 Å². The van der Waals surface area contributed by atoms with Crippen molar-refractivity contribution in [3.05, 3.63) is 35.9 Å². The number of alkyl carbamates (subject to hydrolysis) is 1. The molecular formula is C16H21NO4. The van der Waals surface area contributed by atoms with Gasteiger partial charge in [-0.25, -0.2) is 9.59 Å². The predicted octanol–water partition coefficient (Wildman–Crippen LogP) is 2.95. The maximum atomic E-state index is 11.7. The minimum atomic E-state index is -1.01. The Labute approximate surface area is 124 Å². The second-order valence-corrected chi connectivity index (χ2v) is 5.97. The van der Waals surface area contributed by atoms with E-state index in [1.165, 1.54) is 0 Å². The summed E-state index contributed by atoms with van der Waals surface area (Å²) in [6, 6.07) is 8.39. The lowest BCUT2D eigenvalue weighted by atomic mass is 9.67. The summed E-state index contributed by atoms with van der Waals surface area (Å²) < 4.78 is 5.06. The quantitative estimate of drug-likeness (QED) is 0.845. The van der Waals surface area contributed by atoms with Gasteiger partial charge in [-0.05, 0) is 30.2 Å². The fourth-order valence-corrected chi connectivity index (χ4v) is 2.58. The number of carboxylic acid groups (broad SMARTS) is 1. The molecule has 1 atom stereocenters. The first kappa shape index (κ1) is 15.4. The molecule has 0 heterocycles. The third kappa shape index (κ3) is 4.48. The molecule has 1 fully saturated rings. The van der Waals surface area contributed by atoms with Crippen LogP contribution in [0.1, 0.15) is 38.2 Å². The van der Waals surface area contributed by atoms with E-state index in [9.17, 15) is 14.7 Å². The third-order valence-corrected chi connectivity index (χ3v) is 4.06. The molecule has 21 heavy (non-hydrogen) atoms. The van der Waals surface area contributed by atoms with Crippen molar-refractivity contribution < 1.29 is 19.4 Å². The monoisotopic (exact) mass is 291 g/mol. The lowest BCUT2D eigenvalue weighted by Gasteiger charge is -2.40. The summed E-state index contributed by atoms with van der Waals surface area (Å²) >= 11 is 0. The van der Waals surface area contributed by atoms with Crippen molar-refractivity contribution in [2.24, 2.45) is 5.41 Å². The maximum absolute atomic E-state index is 11.7. The Kier molecular flexibility index (Phi) is 4.83. The topological polar surface area (TPSA) is 75.6 Å². The first-order valence-corrected chi connectivity index (χ1v) is 7.19. The zero-order valence-corrected chi connectivity index (χ0v) is 12.2. The number of rotatable bonds is 6. The summed E-state index contributed by atoms with van der Waals surface area (Å²) in [5, 5.41) is 11.7. The number of carbonyl (C=O) groups is 2. The average molecular weight is 291 g/mol. The van der Waals surface area contributed by atoms with E-state index in [1.54, 1.807) is 0 Å². The van der Waals surface area contributed by atoms with Gasteiger partial charge in [0, 0.05) is 0 Å². The Morgan fingerprint density at radius 2 is 2.00 bits per heavy atom. The van der Waals surface area contributed by atoms with Crippen molar-refractivity contribution in [2.45, 2.75) is 45.3 Å². The molecule has 0 aliphatic heterocycles. The summed E-state index contributed by atoms with van der Waals surface area (Å²) in [7, 11) is 0. The largest absolute Gasteiger partial charge is 0.480 e. The second kappa shape index (κ2) is 6.61. The molecular weight excluding hydrogens is 270 g/mol. The number of nitrogens with one attached hydrogen (secondary N) is 1. The molecule has 2 rings (SSSR count). The number of carbonyl (C=O) groups excluding carboxylic acids is 1. The molecule has 1 aromatic rings. The highest BCUT2D eigenvalue weighted by Gasteiger charge is 2.37. The van der Waals surface area contributed by atoms with Gasteiger partial charge in [-0.3, -0.25) is 0 Å². The Morgan fingerprint density at radius 3 is 2.52 bits per heavy atom. The minimum Gasteiger partial charge on any atom is -0.480 e. The van der Waals surface area contributed by atoms with E-state index in [1.807, 2.05) is 30.3 Å². The van der Waals surface area contributed by atoms with Gasteiger partial charge in [-0.1, -0.05) is 43.7 Å². The van der Waals surface area contributed by atoms with E-state index in [0.29, 0.717) is 6.42 Å². The number of hydrogen-bond donors (Lipinski definition) is 2. The van der Waals surface area contributed by atoms with Gasteiger partial charge in [-0.2, -0.15) is 0 Å². The van der Waals surface area contributed by atoms with E-state index in [4.69, 9.17) is 4.74 Å². The van der Waals surface area contributed by atoms with Crippen LogP contribution in [0.2, 0.25) is 0 Å². The van der Waals surface area contributed by atoms with Gasteiger partial charge in [0.05, 0.1) is 0 Å². The van der Waals surface area contributed by atoms with Crippen molar-refractivity contribution in [3.63, 3.8) is 0 Å². The van der Waals surface area contributed by atoms with Gasteiger partial charge < -0.3 is 15.2 Å². The maximum Gasteiger partial charge on any atom is 0.408 e. The van der Waals surface area contributed by atoms with Crippen LogP contribution in [0, 0.1) is 5.41 Å². The first-order chi connectivity index (χ1) is 9.98. The van der Waals surface area contributed by atoms with E-state index >= 15 is 0 Å². The molecule has 0 bridgehead atoms. The number of ether oxygens (including phenoxy) is 1. The highest BCUT2D eigenvalue weighted by molar-refractivity contribution is 5.79. The van der Waals surface area contributed by atoms with Crippen LogP contribution in [0.25, 0.3) is 0 Å². The molecule has 1 unspecified atom stereocenters. The zero-order valence-electron chi connectivity index (χ0n) is 12.2. The molecule has 1 saturated carbocycles. The molecule has 5 heteroatoms. The van der Waals surface area contributed by atoms with Gasteiger partial charge in [0.15, 0.2) is 0 Å². The van der Waals surface area contributed by atoms with Crippen LogP contribution < -0.4 is 5.32 Å². The summed E-state index contributed by atoms with van der Waals surface area (Å²) in [6.07, 6.45) is 2.91. The van der Waals surface area contributed by atoms with E-state index in [2.05, 4.69) is 12.2 Å². The Bertz CT molecular complexity index is 496. The first-order valence-electron chi connectivity index (χ1n) is 7.19. The normalized spacial score (nSPS) is 17.4. The number of carboxylic acids is 1. The predicted molar refractivity (Wildman–Crippen MR) is 77.8 cm³/mol. The van der Waals surface area contributed by atoms with Crippen LogP contribution in [0.4, 0.5) is 4.79 Å². The number of aliphatic carboxylic acids is 1. The average Bonchev–Trinajstić information content (AvgIpc) is 2.43. The Morgan fingerprint density at radius 1 is 1.33 bits per heavy atom. The second-order valence-electron chi connectivity index (χ2n) is 5.97. The Balaban J connectivity index is 1.82. The molecule has 1 aliphatic carbocycles. The van der Waals surface area contributed by atoms with Gasteiger partial charge >= 0.3 is 12.1 Å². The standard InChI is InChI=1S/C16H21NO4/c1-16(8-5-9-16)10-13(14(18)19)17-15(20)21-11-12-6-3-2-4-7-12/h2-4,6-7,13H,5,8-11H2,1H3,(H,17,20)(H,18,19). The smallest absolute Gasteiger partial charge is 0.408 e. The van der Waals surface area contributed by atoms with E-state index < -0.39 is 18.1 Å². The van der Waals surface area contributed by atoms with Crippen LogP contribution >= 0.6 is 0 Å². The van der Waals surface area contributed by atoms with Gasteiger partial charge in [0.2, 0.25) is 0 Å². The van der Waals surface area contributed by atoms with Crippen LogP contribution in [-0.2, 0) is 16.1 Å². The van der Waals surface area contributed by atoms with Crippen LogP contribution in [0.5, 0.6) is 0 Å². The molecule has 1 amide bonds. The third-order valence-electron chi connectivity index (χ3n) is 4.06. The van der Waals surface area contributed by atoms with Crippen LogP contribution in [-0.4, -0.2) is 23.2 Å². The zero-order chi connectivity index (χ0) is 15.3. The fraction of sp³-hybridized carbons (Fsp3) is 0.500. The number of benzene rings is 1. The molecule has 114 valence electrons. The van der Waals surface area contributed by atoms with Crippen LogP contribution in [0.15, 0.2) is 30.3 Å².